The Bertz CT molecular complexity index is 473. The topological polar surface area (TPSA) is 38.7 Å². The van der Waals surface area contributed by atoms with Gasteiger partial charge in [0, 0.05) is 38.3 Å². The van der Waals surface area contributed by atoms with Gasteiger partial charge in [-0.3, -0.25) is 4.90 Å². The van der Waals surface area contributed by atoms with E-state index >= 15 is 0 Å². The number of piperidine rings is 1. The molecule has 0 saturated carbocycles. The third kappa shape index (κ3) is 4.00. The van der Waals surface area contributed by atoms with E-state index in [0.717, 1.165) is 26.2 Å². The number of hydrogen-bond donors (Lipinski definition) is 2. The van der Waals surface area contributed by atoms with Crippen LogP contribution in [0.4, 0.5) is 0 Å². The summed E-state index contributed by atoms with van der Waals surface area (Å²) >= 11 is 0. The predicted octanol–water partition coefficient (Wildman–Crippen LogP) is 2.21. The standard InChI is InChI=1S/C18H29N3O/c1-15-13-21(11-8-19-15)18(14-20-9-3-2-4-10-20)16-6-5-7-17(22)12-16/h5-7,12,15,18-19,22H,2-4,8-11,13-14H2,1H3. The van der Waals surface area contributed by atoms with Gasteiger partial charge in [0.05, 0.1) is 0 Å². The Morgan fingerprint density at radius 3 is 2.77 bits per heavy atom. The summed E-state index contributed by atoms with van der Waals surface area (Å²) in [7, 11) is 0. The number of phenolic OH excluding ortho intramolecular Hbond substituents is 1. The molecule has 22 heavy (non-hydrogen) atoms. The van der Waals surface area contributed by atoms with Crippen molar-refractivity contribution in [1.82, 2.24) is 15.1 Å². The maximum absolute atomic E-state index is 9.87. The first-order valence-corrected chi connectivity index (χ1v) is 8.71. The smallest absolute Gasteiger partial charge is 0.115 e. The average molecular weight is 303 g/mol. The summed E-state index contributed by atoms with van der Waals surface area (Å²) in [5, 5.41) is 13.4. The van der Waals surface area contributed by atoms with Crippen LogP contribution in [-0.4, -0.2) is 60.2 Å². The van der Waals surface area contributed by atoms with Crippen LogP contribution in [0.3, 0.4) is 0 Å². The summed E-state index contributed by atoms with van der Waals surface area (Å²) in [4.78, 5) is 5.19. The highest BCUT2D eigenvalue weighted by atomic mass is 16.3. The van der Waals surface area contributed by atoms with Gasteiger partial charge in [-0.2, -0.15) is 0 Å². The molecule has 2 aliphatic rings. The Morgan fingerprint density at radius 2 is 2.05 bits per heavy atom. The van der Waals surface area contributed by atoms with E-state index in [0.29, 0.717) is 17.8 Å². The van der Waals surface area contributed by atoms with E-state index in [-0.39, 0.29) is 0 Å². The fourth-order valence-corrected chi connectivity index (χ4v) is 3.80. The quantitative estimate of drug-likeness (QED) is 0.894. The van der Waals surface area contributed by atoms with Crippen LogP contribution >= 0.6 is 0 Å². The van der Waals surface area contributed by atoms with Crippen molar-refractivity contribution in [3.8, 4) is 5.75 Å². The molecule has 0 radical (unpaired) electrons. The van der Waals surface area contributed by atoms with Crippen molar-refractivity contribution >= 4 is 0 Å². The molecule has 2 fully saturated rings. The third-order valence-electron chi connectivity index (χ3n) is 4.98. The summed E-state index contributed by atoms with van der Waals surface area (Å²) in [6.07, 6.45) is 4.02. The highest BCUT2D eigenvalue weighted by Crippen LogP contribution is 2.27. The van der Waals surface area contributed by atoms with Gasteiger partial charge in [0.15, 0.2) is 0 Å². The molecular formula is C18H29N3O. The van der Waals surface area contributed by atoms with Crippen molar-refractivity contribution in [3.05, 3.63) is 29.8 Å². The zero-order chi connectivity index (χ0) is 15.4. The maximum Gasteiger partial charge on any atom is 0.115 e. The van der Waals surface area contributed by atoms with Crippen LogP contribution in [0.15, 0.2) is 24.3 Å². The number of aromatic hydroxyl groups is 1. The number of rotatable bonds is 4. The summed E-state index contributed by atoms with van der Waals surface area (Å²) in [6.45, 7) is 8.99. The molecule has 0 amide bonds. The van der Waals surface area contributed by atoms with Crippen LogP contribution in [0, 0.1) is 0 Å². The first-order valence-electron chi connectivity index (χ1n) is 8.71. The average Bonchev–Trinajstić information content (AvgIpc) is 2.53. The molecule has 2 unspecified atom stereocenters. The van der Waals surface area contributed by atoms with E-state index in [9.17, 15) is 5.11 Å². The lowest BCUT2D eigenvalue weighted by Crippen LogP contribution is -2.52. The molecular weight excluding hydrogens is 274 g/mol. The van der Waals surface area contributed by atoms with E-state index in [1.165, 1.54) is 37.9 Å². The lowest BCUT2D eigenvalue weighted by atomic mass is 10.0. The van der Waals surface area contributed by atoms with Gasteiger partial charge in [0.2, 0.25) is 0 Å². The molecule has 0 bridgehead atoms. The SMILES string of the molecule is CC1CN(C(CN2CCCCC2)c2cccc(O)c2)CCN1. The van der Waals surface area contributed by atoms with Gasteiger partial charge < -0.3 is 15.3 Å². The van der Waals surface area contributed by atoms with Crippen molar-refractivity contribution in [2.45, 2.75) is 38.3 Å². The lowest BCUT2D eigenvalue weighted by Gasteiger charge is -2.41. The van der Waals surface area contributed by atoms with Crippen LogP contribution in [-0.2, 0) is 0 Å². The van der Waals surface area contributed by atoms with Crippen LogP contribution in [0.25, 0.3) is 0 Å². The van der Waals surface area contributed by atoms with Crippen molar-refractivity contribution in [1.29, 1.82) is 0 Å². The number of piperazine rings is 1. The molecule has 2 N–H and O–H groups in total. The Balaban J connectivity index is 1.77. The van der Waals surface area contributed by atoms with E-state index in [1.807, 2.05) is 12.1 Å². The number of benzene rings is 1. The molecule has 1 aromatic carbocycles. The van der Waals surface area contributed by atoms with Crippen molar-refractivity contribution in [2.75, 3.05) is 39.3 Å². The minimum absolute atomic E-state index is 0.379. The molecule has 4 heteroatoms. The lowest BCUT2D eigenvalue weighted by molar-refractivity contribution is 0.100. The summed E-state index contributed by atoms with van der Waals surface area (Å²) in [5.41, 5.74) is 1.25. The van der Waals surface area contributed by atoms with E-state index < -0.39 is 0 Å². The Hall–Kier alpha value is -1.10. The number of hydrogen-bond acceptors (Lipinski definition) is 4. The summed E-state index contributed by atoms with van der Waals surface area (Å²) in [6, 6.07) is 8.77. The highest BCUT2D eigenvalue weighted by Gasteiger charge is 2.27. The van der Waals surface area contributed by atoms with Gasteiger partial charge in [0.25, 0.3) is 0 Å². The summed E-state index contributed by atoms with van der Waals surface area (Å²) in [5.74, 6) is 0.379. The molecule has 0 aliphatic carbocycles. The molecule has 2 heterocycles. The van der Waals surface area contributed by atoms with Crippen LogP contribution in [0.1, 0.15) is 37.8 Å². The zero-order valence-electron chi connectivity index (χ0n) is 13.7. The first kappa shape index (κ1) is 15.8. The minimum atomic E-state index is 0.379. The number of nitrogens with zero attached hydrogens (tertiary/aromatic N) is 2. The Labute approximate surface area is 134 Å². The predicted molar refractivity (Wildman–Crippen MR) is 90.2 cm³/mol. The fourth-order valence-electron chi connectivity index (χ4n) is 3.80. The molecule has 0 spiro atoms. The van der Waals surface area contributed by atoms with Crippen molar-refractivity contribution in [2.24, 2.45) is 0 Å². The highest BCUT2D eigenvalue weighted by molar-refractivity contribution is 5.30. The molecule has 0 aromatic heterocycles. The second-order valence-electron chi connectivity index (χ2n) is 6.82. The van der Waals surface area contributed by atoms with Gasteiger partial charge in [-0.15, -0.1) is 0 Å². The number of likely N-dealkylation sites (tertiary alicyclic amines) is 1. The molecule has 2 aliphatic heterocycles. The largest absolute Gasteiger partial charge is 0.508 e. The fraction of sp³-hybridized carbons (Fsp3) is 0.667. The molecule has 4 nitrogen and oxygen atoms in total. The maximum atomic E-state index is 9.87. The molecule has 2 atom stereocenters. The molecule has 3 rings (SSSR count). The van der Waals surface area contributed by atoms with Gasteiger partial charge in [-0.25, -0.2) is 0 Å². The van der Waals surface area contributed by atoms with Gasteiger partial charge in [-0.1, -0.05) is 18.6 Å². The van der Waals surface area contributed by atoms with Gasteiger partial charge >= 0.3 is 0 Å². The zero-order valence-corrected chi connectivity index (χ0v) is 13.7. The second-order valence-corrected chi connectivity index (χ2v) is 6.82. The van der Waals surface area contributed by atoms with Crippen LogP contribution in [0.2, 0.25) is 0 Å². The first-order chi connectivity index (χ1) is 10.7. The summed E-state index contributed by atoms with van der Waals surface area (Å²) < 4.78 is 0. The minimum Gasteiger partial charge on any atom is -0.508 e. The van der Waals surface area contributed by atoms with Crippen LogP contribution < -0.4 is 5.32 Å². The Kier molecular flexibility index (Phi) is 5.34. The normalized spacial score (nSPS) is 26.0. The molecule has 1 aromatic rings. The van der Waals surface area contributed by atoms with E-state index in [1.54, 1.807) is 6.07 Å². The van der Waals surface area contributed by atoms with Crippen molar-refractivity contribution in [3.63, 3.8) is 0 Å². The molecule has 122 valence electrons. The van der Waals surface area contributed by atoms with E-state index in [2.05, 4.69) is 28.1 Å². The number of nitrogens with one attached hydrogen (secondary N) is 1. The van der Waals surface area contributed by atoms with Crippen molar-refractivity contribution < 1.29 is 5.11 Å². The third-order valence-corrected chi connectivity index (χ3v) is 4.98. The number of phenols is 1. The van der Waals surface area contributed by atoms with Crippen LogP contribution in [0.5, 0.6) is 5.75 Å². The van der Waals surface area contributed by atoms with E-state index in [4.69, 9.17) is 0 Å². The van der Waals surface area contributed by atoms with Gasteiger partial charge in [-0.05, 0) is 50.6 Å². The van der Waals surface area contributed by atoms with Gasteiger partial charge in [0.1, 0.15) is 5.75 Å². The Morgan fingerprint density at radius 1 is 1.23 bits per heavy atom. The monoisotopic (exact) mass is 303 g/mol. The second kappa shape index (κ2) is 7.44. The molecule has 2 saturated heterocycles.